The molecule has 1 N–H and O–H groups in total. The Morgan fingerprint density at radius 1 is 1.11 bits per heavy atom. The first-order valence-corrected chi connectivity index (χ1v) is 8.09. The van der Waals surface area contributed by atoms with Crippen LogP contribution in [0.5, 0.6) is 0 Å². The highest BCUT2D eigenvalue weighted by Crippen LogP contribution is 2.05. The molecule has 6 heteroatoms. The molecular weight excluding hydrogens is 252 g/mol. The van der Waals surface area contributed by atoms with Crippen LogP contribution < -0.4 is 4.90 Å². The van der Waals surface area contributed by atoms with E-state index in [4.69, 9.17) is 0 Å². The highest BCUT2D eigenvalue weighted by atomic mass is 32.2. The lowest BCUT2D eigenvalue weighted by Crippen LogP contribution is -3.05. The second-order valence-electron chi connectivity index (χ2n) is 4.82. The van der Waals surface area contributed by atoms with Crippen LogP contribution in [0.25, 0.3) is 0 Å². The fourth-order valence-electron chi connectivity index (χ4n) is 2.02. The van der Waals surface area contributed by atoms with Crippen LogP contribution in [-0.2, 0) is 10.1 Å². The topological polar surface area (TPSA) is 64.7 Å². The summed E-state index contributed by atoms with van der Waals surface area (Å²) in [6, 6.07) is 0. The minimum atomic E-state index is -4.01. The average molecular weight is 275 g/mol. The zero-order valence-corrected chi connectivity index (χ0v) is 11.8. The van der Waals surface area contributed by atoms with Crippen LogP contribution in [0.4, 0.5) is 0 Å². The first-order chi connectivity index (χ1) is 8.47. The van der Waals surface area contributed by atoms with Crippen LogP contribution in [0.15, 0.2) is 12.4 Å². The zero-order chi connectivity index (χ0) is 13.4. The molecule has 1 aliphatic heterocycles. The first kappa shape index (κ1) is 15.3. The maximum absolute atomic E-state index is 10.4. The van der Waals surface area contributed by atoms with Crippen LogP contribution in [0, 0.1) is 0 Å². The lowest BCUT2D eigenvalue weighted by molar-refractivity contribution is -0.748. The standard InChI is InChI=1S/C12H22N2O3S/c1-13-9-10-14(12-13)8-6-4-2-3-5-7-11-18(15,16)17/h9-10,12H,2-8,11H2,1H3/p+1. The van der Waals surface area contributed by atoms with Crippen molar-refractivity contribution in [2.45, 2.75) is 38.5 Å². The molecule has 0 amide bonds. The lowest BCUT2D eigenvalue weighted by Gasteiger charge is -2.06. The molecule has 0 radical (unpaired) electrons. The maximum atomic E-state index is 10.4. The van der Waals surface area contributed by atoms with E-state index in [1.54, 1.807) is 0 Å². The van der Waals surface area contributed by atoms with Gasteiger partial charge >= 0.3 is 6.34 Å². The van der Waals surface area contributed by atoms with Crippen LogP contribution >= 0.6 is 0 Å². The average Bonchev–Trinajstić information content (AvgIpc) is 2.67. The number of hydrogen-bond acceptors (Lipinski definition) is 3. The third kappa shape index (κ3) is 7.58. The summed E-state index contributed by atoms with van der Waals surface area (Å²) in [7, 11) is -1.99. The summed E-state index contributed by atoms with van der Waals surface area (Å²) in [6.45, 7) is 1.11. The van der Waals surface area contributed by atoms with Gasteiger partial charge in [-0.05, 0) is 19.3 Å². The van der Waals surface area contributed by atoms with Crippen molar-refractivity contribution < 1.29 is 22.4 Å². The van der Waals surface area contributed by atoms with Crippen LogP contribution in [0.1, 0.15) is 38.5 Å². The van der Waals surface area contributed by atoms with E-state index in [-0.39, 0.29) is 5.75 Å². The Labute approximate surface area is 110 Å². The van der Waals surface area contributed by atoms with Gasteiger partial charge in [-0.15, -0.1) is 0 Å². The van der Waals surface area contributed by atoms with Crippen molar-refractivity contribution in [3.8, 4) is 0 Å². The van der Waals surface area contributed by atoms with E-state index in [2.05, 4.69) is 23.3 Å². The molecule has 0 fully saturated rings. The maximum Gasteiger partial charge on any atom is 0.335 e. The molecule has 1 rings (SSSR count). The summed E-state index contributed by atoms with van der Waals surface area (Å²) in [4.78, 5) is 1.37. The third-order valence-electron chi connectivity index (χ3n) is 3.00. The van der Waals surface area contributed by atoms with E-state index in [1.165, 1.54) is 17.7 Å². The smallest absolute Gasteiger partial charge is 0.335 e. The molecule has 1 unspecified atom stereocenters. The normalized spacial score (nSPS) is 19.2. The van der Waals surface area contributed by atoms with Crippen LogP contribution in [-0.4, -0.2) is 43.2 Å². The van der Waals surface area contributed by atoms with Crippen molar-refractivity contribution in [2.75, 3.05) is 19.3 Å². The van der Waals surface area contributed by atoms with Gasteiger partial charge in [-0.1, -0.05) is 19.3 Å². The molecule has 0 saturated heterocycles. The molecule has 1 heterocycles. The molecule has 0 bridgehead atoms. The summed E-state index contributed by atoms with van der Waals surface area (Å²) >= 11 is 0. The Morgan fingerprint density at radius 3 is 2.28 bits per heavy atom. The van der Waals surface area contributed by atoms with Gasteiger partial charge in [-0.2, -0.15) is 4.58 Å². The summed E-state index contributed by atoms with van der Waals surface area (Å²) in [5.74, 6) is -0.211. The summed E-state index contributed by atoms with van der Waals surface area (Å²) in [5, 5.41) is 0. The van der Waals surface area contributed by atoms with Crippen molar-refractivity contribution in [2.24, 2.45) is 0 Å². The number of hydrogen-bond donors (Lipinski definition) is 1. The molecule has 1 atom stereocenters. The van der Waals surface area contributed by atoms with Gasteiger partial charge in [0, 0.05) is 5.75 Å². The van der Waals surface area contributed by atoms with Crippen molar-refractivity contribution in [1.29, 1.82) is 0 Å². The fourth-order valence-corrected chi connectivity index (χ4v) is 2.58. The van der Waals surface area contributed by atoms with Gasteiger partial charge in [0.05, 0.1) is 16.7 Å². The Bertz CT molecular complexity index is 402. The van der Waals surface area contributed by atoms with Crippen LogP contribution in [0.2, 0.25) is 0 Å². The Kier molecular flexibility index (Phi) is 6.52. The molecular formula is C12H23N2O3S+. The zero-order valence-electron chi connectivity index (χ0n) is 11.0. The Balaban J connectivity index is 1.89. The SMILES string of the molecule is C[N+]1=C[NH+](CCCCCCCCS(=O)(=O)[O-])C=C1. The third-order valence-corrected chi connectivity index (χ3v) is 3.79. The quantitative estimate of drug-likeness (QED) is 0.363. The largest absolute Gasteiger partial charge is 0.748 e. The van der Waals surface area contributed by atoms with E-state index in [0.717, 1.165) is 25.8 Å². The minimum absolute atomic E-state index is 0.211. The van der Waals surface area contributed by atoms with Gasteiger partial charge in [0.25, 0.3) is 0 Å². The minimum Gasteiger partial charge on any atom is -0.748 e. The molecule has 18 heavy (non-hydrogen) atoms. The molecule has 0 saturated carbocycles. The van der Waals surface area contributed by atoms with Gasteiger partial charge < -0.3 is 4.55 Å². The number of nitrogens with zero attached hydrogens (tertiary/aromatic N) is 1. The van der Waals surface area contributed by atoms with Gasteiger partial charge in [0.1, 0.15) is 7.05 Å². The summed E-state index contributed by atoms with van der Waals surface area (Å²) < 4.78 is 33.2. The second-order valence-corrected chi connectivity index (χ2v) is 6.34. The van der Waals surface area contributed by atoms with Crippen molar-refractivity contribution in [3.05, 3.63) is 12.4 Å². The summed E-state index contributed by atoms with van der Waals surface area (Å²) in [5.41, 5.74) is 0. The van der Waals surface area contributed by atoms with Gasteiger partial charge in [0.2, 0.25) is 6.20 Å². The molecule has 0 aromatic carbocycles. The van der Waals surface area contributed by atoms with Crippen molar-refractivity contribution in [3.63, 3.8) is 0 Å². The van der Waals surface area contributed by atoms with Crippen LogP contribution in [0.3, 0.4) is 0 Å². The number of unbranched alkanes of at least 4 members (excludes halogenated alkanes) is 5. The summed E-state index contributed by atoms with van der Waals surface area (Å²) in [6.07, 6.45) is 12.1. The molecule has 0 spiro atoms. The predicted molar refractivity (Wildman–Crippen MR) is 69.5 cm³/mol. The van der Waals surface area contributed by atoms with E-state index in [0.29, 0.717) is 6.42 Å². The van der Waals surface area contributed by atoms with E-state index in [9.17, 15) is 13.0 Å². The van der Waals surface area contributed by atoms with E-state index in [1.807, 2.05) is 7.05 Å². The molecule has 0 aromatic rings. The number of nitrogens with one attached hydrogen (secondary N) is 1. The molecule has 0 aliphatic carbocycles. The van der Waals surface area contributed by atoms with E-state index < -0.39 is 10.1 Å². The van der Waals surface area contributed by atoms with Crippen molar-refractivity contribution >= 4 is 16.5 Å². The highest BCUT2D eigenvalue weighted by Gasteiger charge is 2.12. The van der Waals surface area contributed by atoms with Gasteiger partial charge in [0.15, 0.2) is 6.20 Å². The molecule has 5 nitrogen and oxygen atoms in total. The number of quaternary nitrogens is 1. The first-order valence-electron chi connectivity index (χ1n) is 6.52. The fraction of sp³-hybridized carbons (Fsp3) is 0.750. The molecule has 1 aliphatic rings. The van der Waals surface area contributed by atoms with Crippen molar-refractivity contribution in [1.82, 2.24) is 0 Å². The monoisotopic (exact) mass is 275 g/mol. The molecule has 0 aromatic heterocycles. The second kappa shape index (κ2) is 7.66. The van der Waals surface area contributed by atoms with Gasteiger partial charge in [-0.3, -0.25) is 0 Å². The Morgan fingerprint density at radius 2 is 1.72 bits per heavy atom. The number of rotatable bonds is 9. The Hall–Kier alpha value is -0.720. The van der Waals surface area contributed by atoms with E-state index >= 15 is 0 Å². The lowest BCUT2D eigenvalue weighted by atomic mass is 10.1. The highest BCUT2D eigenvalue weighted by molar-refractivity contribution is 7.85. The van der Waals surface area contributed by atoms with Gasteiger partial charge in [-0.25, -0.2) is 13.3 Å². The predicted octanol–water partition coefficient (Wildman–Crippen LogP) is -0.0875. The molecule has 104 valence electrons.